The van der Waals surface area contributed by atoms with Gasteiger partial charge in [0.15, 0.2) is 24.2 Å². The van der Waals surface area contributed by atoms with Gasteiger partial charge >= 0.3 is 0 Å². The highest BCUT2D eigenvalue weighted by Gasteiger charge is 2.56. The quantitative estimate of drug-likeness (QED) is 0.0645. The molecule has 0 aliphatic carbocycles. The van der Waals surface area contributed by atoms with E-state index in [0.29, 0.717) is 44.2 Å². The van der Waals surface area contributed by atoms with E-state index in [1.54, 1.807) is 50.2 Å². The zero-order valence-electron chi connectivity index (χ0n) is 53.4. The Morgan fingerprint density at radius 3 is 1.27 bits per heavy atom. The molecule has 2 amide bonds. The molecule has 12 atom stereocenters. The standard InChI is InChI=1S/C68H56Cl6F4N14O10/c1-33-79-65(91(83-33)49-25-39(69)13-15-41(49)71)63-61(57(59-51(99-63)29-97-67(101-59)35-9-5-3-6-10-35)89-27-47(81-85-89)37-21-43(75)55(73)44(76)22-37)95-31-53(93)87-17-19-88(20-18-87)54(94)32-96-62-58(90-28-48(82-86-90)38-23-45(77)56(74)46(78)24-38)60-52(30-98-68(102-60)36-11-7-4-8-12-36)100-64(62)66-80-34(2)84-92(66)50-26-40(70)14-16-42(50)72/h3-16,21-28,51-52,57-64,67-68H,17-20,29-32H2,1-2H3/t51-,52+,57+,58-,59+,60-,61-,62+,63-,64+,67+,68-. The number of benzene rings is 6. The van der Waals surface area contributed by atoms with E-state index in [2.05, 4.69) is 20.6 Å². The summed E-state index contributed by atoms with van der Waals surface area (Å²) in [6, 6.07) is 29.9. The lowest BCUT2D eigenvalue weighted by Gasteiger charge is -2.49. The van der Waals surface area contributed by atoms with E-state index in [0.717, 1.165) is 24.3 Å². The Bertz CT molecular complexity index is 4450. The third-order valence-corrected chi connectivity index (χ3v) is 19.9. The maximum absolute atomic E-state index is 15.1. The van der Waals surface area contributed by atoms with E-state index < -0.39 is 132 Å². The molecule has 0 unspecified atom stereocenters. The van der Waals surface area contributed by atoms with Crippen LogP contribution >= 0.6 is 69.6 Å². The topological polar surface area (TPSA) is 237 Å². The van der Waals surface area contributed by atoms with E-state index in [9.17, 15) is 9.59 Å². The molecule has 0 N–H and O–H groups in total. The minimum atomic E-state index is -1.27. The second-order valence-electron chi connectivity index (χ2n) is 24.6. The number of aromatic nitrogens is 12. The van der Waals surface area contributed by atoms with Crippen molar-refractivity contribution in [2.75, 3.05) is 52.6 Å². The van der Waals surface area contributed by atoms with Crippen LogP contribution in [0.3, 0.4) is 0 Å². The molecule has 528 valence electrons. The SMILES string of the molecule is Cc1nc([C@H]2O[C@H]3CO[C@@H](c4ccccc4)O[C@H]3[C@@H](n3cc(-c4cc(F)c(Cl)c(F)c4)nn3)[C@@H]2OCC(=O)N2CCN(C(=O)CO[C@@H]3[C@@H](n4cc(-c5cc(F)c(Cl)c(F)c5)nn4)[C@H]4O[C@@H](c5ccccc5)OC[C@H]4O[C@H]3c3nc(C)nn3-c3cc(Cl)ccc3Cl)CC2)n(-c2cc(Cl)ccc2Cl)n1. The van der Waals surface area contributed by atoms with E-state index in [-0.39, 0.29) is 83.6 Å². The van der Waals surface area contributed by atoms with Crippen LogP contribution in [-0.2, 0) is 47.5 Å². The number of carbonyl (C=O) groups excluding carboxylic acids is 2. The highest BCUT2D eigenvalue weighted by Crippen LogP contribution is 2.49. The second-order valence-corrected chi connectivity index (χ2v) is 27.0. The highest BCUT2D eigenvalue weighted by molar-refractivity contribution is 6.35. The first kappa shape index (κ1) is 69.7. The number of piperazine rings is 1. The fourth-order valence-electron chi connectivity index (χ4n) is 13.3. The summed E-state index contributed by atoms with van der Waals surface area (Å²) < 4.78 is 120. The van der Waals surface area contributed by atoms with Gasteiger partial charge in [0.25, 0.3) is 0 Å². The van der Waals surface area contributed by atoms with Gasteiger partial charge in [-0.15, -0.1) is 10.2 Å². The summed E-state index contributed by atoms with van der Waals surface area (Å²) in [5, 5.41) is 27.0. The summed E-state index contributed by atoms with van der Waals surface area (Å²) >= 11 is 38.6. The molecule has 0 radical (unpaired) electrons. The fourth-order valence-corrected chi connectivity index (χ4v) is 14.2. The Morgan fingerprint density at radius 1 is 0.510 bits per heavy atom. The van der Waals surface area contributed by atoms with Crippen molar-refractivity contribution >= 4 is 81.4 Å². The molecule has 5 fully saturated rings. The van der Waals surface area contributed by atoms with Gasteiger partial charge in [0.05, 0.1) is 47.0 Å². The number of carbonyl (C=O) groups is 2. The third-order valence-electron chi connectivity index (χ3n) is 18.1. The van der Waals surface area contributed by atoms with Gasteiger partial charge in [-0.2, -0.15) is 10.2 Å². The fraction of sp³-hybridized carbons (Fsp3) is 0.324. The summed E-state index contributed by atoms with van der Waals surface area (Å²) in [6.45, 7) is 2.20. The highest BCUT2D eigenvalue weighted by atomic mass is 35.5. The van der Waals surface area contributed by atoms with Crippen LogP contribution in [0.1, 0.15) is 71.3 Å². The molecule has 6 aromatic carbocycles. The van der Waals surface area contributed by atoms with Gasteiger partial charge in [0, 0.05) is 58.5 Å². The number of halogens is 10. The van der Waals surface area contributed by atoms with Crippen molar-refractivity contribution in [2.24, 2.45) is 0 Å². The van der Waals surface area contributed by atoms with Gasteiger partial charge < -0.3 is 47.7 Å². The lowest BCUT2D eigenvalue weighted by molar-refractivity contribution is -0.322. The van der Waals surface area contributed by atoms with Crippen LogP contribution < -0.4 is 0 Å². The van der Waals surface area contributed by atoms with Crippen LogP contribution in [-0.4, -0.2) is 170 Å². The number of hydrogen-bond acceptors (Lipinski definition) is 18. The summed E-state index contributed by atoms with van der Waals surface area (Å²) in [5.74, 6) is -4.14. The van der Waals surface area contributed by atoms with Crippen LogP contribution in [0, 0.1) is 37.1 Å². The molecule has 9 heterocycles. The van der Waals surface area contributed by atoms with Gasteiger partial charge in [-0.25, -0.2) is 46.3 Å². The lowest BCUT2D eigenvalue weighted by Crippen LogP contribution is -2.58. The van der Waals surface area contributed by atoms with Crippen LogP contribution in [0.25, 0.3) is 33.9 Å². The minimum Gasteiger partial charge on any atom is -0.363 e. The third kappa shape index (κ3) is 13.9. The minimum absolute atomic E-state index is 0.0154. The van der Waals surface area contributed by atoms with Crippen LogP contribution in [0.5, 0.6) is 0 Å². The molecular weight excluding hydrogens is 1460 g/mol. The van der Waals surface area contributed by atoms with Crippen LogP contribution in [0.2, 0.25) is 30.1 Å². The molecule has 0 saturated carbocycles. The molecule has 5 aliphatic rings. The zero-order chi connectivity index (χ0) is 70.8. The predicted molar refractivity (Wildman–Crippen MR) is 359 cm³/mol. The lowest BCUT2D eigenvalue weighted by atomic mass is 9.90. The molecule has 5 aliphatic heterocycles. The molecule has 0 spiro atoms. The Kier molecular flexibility index (Phi) is 20.0. The predicted octanol–water partition coefficient (Wildman–Crippen LogP) is 12.2. The summed E-state index contributed by atoms with van der Waals surface area (Å²) in [5.41, 5.74) is 2.16. The normalized spacial score (nSPS) is 24.4. The molecule has 0 bridgehead atoms. The molecule has 34 heteroatoms. The van der Waals surface area contributed by atoms with E-state index in [1.165, 1.54) is 40.9 Å². The van der Waals surface area contributed by atoms with Crippen LogP contribution in [0.4, 0.5) is 17.6 Å². The van der Waals surface area contributed by atoms with Crippen molar-refractivity contribution < 1.29 is 65.0 Å². The van der Waals surface area contributed by atoms with E-state index >= 15 is 17.6 Å². The largest absolute Gasteiger partial charge is 0.363 e. The number of ether oxygens (including phenoxy) is 8. The van der Waals surface area contributed by atoms with Gasteiger partial charge in [-0.05, 0) is 74.5 Å². The Morgan fingerprint density at radius 2 is 0.892 bits per heavy atom. The number of rotatable bonds is 16. The number of aryl methyl sites for hydroxylation is 2. The van der Waals surface area contributed by atoms with Crippen molar-refractivity contribution in [3.05, 3.63) is 222 Å². The summed E-state index contributed by atoms with van der Waals surface area (Å²) in [6.07, 6.45) is -7.68. The summed E-state index contributed by atoms with van der Waals surface area (Å²) in [4.78, 5) is 42.5. The maximum Gasteiger partial charge on any atom is 0.248 e. The van der Waals surface area contributed by atoms with E-state index in [4.69, 9.17) is 128 Å². The maximum atomic E-state index is 15.1. The molecular formula is C68H56Cl6F4N14O10. The van der Waals surface area contributed by atoms with Gasteiger partial charge in [0.2, 0.25) is 11.8 Å². The molecule has 4 aromatic heterocycles. The number of hydrogen-bond donors (Lipinski definition) is 0. The van der Waals surface area contributed by atoms with Crippen molar-refractivity contribution in [2.45, 2.75) is 87.3 Å². The van der Waals surface area contributed by atoms with Gasteiger partial charge in [-0.3, -0.25) is 9.59 Å². The molecule has 5 saturated heterocycles. The molecule has 15 rings (SSSR count). The monoisotopic (exact) mass is 1510 g/mol. The van der Waals surface area contributed by atoms with E-state index in [1.807, 2.05) is 60.7 Å². The molecule has 24 nitrogen and oxygen atoms in total. The second kappa shape index (κ2) is 29.2. The Balaban J connectivity index is 0.725. The first-order valence-corrected chi connectivity index (χ1v) is 34.2. The number of amides is 2. The van der Waals surface area contributed by atoms with Crippen molar-refractivity contribution in [3.8, 4) is 33.9 Å². The smallest absolute Gasteiger partial charge is 0.248 e. The average Bonchev–Trinajstić information content (AvgIpc) is 1.39. The molecule has 102 heavy (non-hydrogen) atoms. The molecule has 10 aromatic rings. The average molecular weight is 1520 g/mol. The number of fused-ring (bicyclic) bond motifs is 2. The van der Waals surface area contributed by atoms with Crippen molar-refractivity contribution in [1.82, 2.24) is 69.3 Å². The Labute approximate surface area is 607 Å². The Hall–Kier alpha value is -8.04. The van der Waals surface area contributed by atoms with Gasteiger partial charge in [0.1, 0.15) is 130 Å². The van der Waals surface area contributed by atoms with Gasteiger partial charge in [-0.1, -0.05) is 141 Å². The first-order valence-electron chi connectivity index (χ1n) is 31.9. The first-order chi connectivity index (χ1) is 49.3. The number of nitrogens with zero attached hydrogens (tertiary/aromatic N) is 14. The summed E-state index contributed by atoms with van der Waals surface area (Å²) in [7, 11) is 0. The van der Waals surface area contributed by atoms with Crippen molar-refractivity contribution in [1.29, 1.82) is 0 Å². The van der Waals surface area contributed by atoms with Crippen molar-refractivity contribution in [3.63, 3.8) is 0 Å². The zero-order valence-corrected chi connectivity index (χ0v) is 57.9. The van der Waals surface area contributed by atoms with Crippen LogP contribution in [0.15, 0.2) is 134 Å².